The molecule has 0 saturated heterocycles. The van der Waals surface area contributed by atoms with Crippen LogP contribution in [0.25, 0.3) is 0 Å². The van der Waals surface area contributed by atoms with E-state index in [0.29, 0.717) is 30.1 Å². The molecule has 0 fully saturated rings. The van der Waals surface area contributed by atoms with Crippen molar-refractivity contribution in [2.75, 3.05) is 53.8 Å². The molecular weight excluding hydrogens is 586 g/mol. The molecule has 0 radical (unpaired) electrons. The van der Waals surface area contributed by atoms with Crippen molar-refractivity contribution < 1.29 is 23.9 Å². The number of carbonyl (C=O) groups is 3. The van der Waals surface area contributed by atoms with Crippen LogP contribution in [0, 0.1) is 5.41 Å². The van der Waals surface area contributed by atoms with E-state index in [2.05, 4.69) is 32.8 Å². The number of pyridine rings is 1. The maximum atomic E-state index is 13.6. The third-order valence-corrected chi connectivity index (χ3v) is 7.56. The third kappa shape index (κ3) is 9.19. The van der Waals surface area contributed by atoms with Gasteiger partial charge in [0.1, 0.15) is 17.8 Å². The molecule has 1 aliphatic heterocycles. The number of likely N-dealkylation sites (N-methyl/N-ethyl adjacent to an activating group) is 1. The van der Waals surface area contributed by atoms with Gasteiger partial charge in [-0.1, -0.05) is 32.3 Å². The van der Waals surface area contributed by atoms with Gasteiger partial charge in [-0.25, -0.2) is 9.78 Å². The smallest absolute Gasteiger partial charge is 0.412 e. The molecule has 1 aliphatic rings. The number of benzene rings is 2. The molecular formula is C34H43N7O5. The van der Waals surface area contributed by atoms with E-state index in [1.807, 2.05) is 31.3 Å². The zero-order chi connectivity index (χ0) is 32.9. The monoisotopic (exact) mass is 629 g/mol. The van der Waals surface area contributed by atoms with Crippen molar-refractivity contribution in [1.29, 1.82) is 5.41 Å². The van der Waals surface area contributed by atoms with Gasteiger partial charge in [-0.3, -0.25) is 25.2 Å². The van der Waals surface area contributed by atoms with Gasteiger partial charge in [0.2, 0.25) is 0 Å². The fourth-order valence-electron chi connectivity index (χ4n) is 5.02. The predicted molar refractivity (Wildman–Crippen MR) is 180 cm³/mol. The highest BCUT2D eigenvalue weighted by Crippen LogP contribution is 2.35. The summed E-state index contributed by atoms with van der Waals surface area (Å²) in [6, 6.07) is 18.0. The van der Waals surface area contributed by atoms with Crippen molar-refractivity contribution in [1.82, 2.24) is 10.3 Å². The van der Waals surface area contributed by atoms with Crippen LogP contribution in [0.3, 0.4) is 0 Å². The van der Waals surface area contributed by atoms with Crippen LogP contribution < -0.4 is 25.8 Å². The lowest BCUT2D eigenvalue weighted by atomic mass is 10.1. The summed E-state index contributed by atoms with van der Waals surface area (Å²) >= 11 is 0. The van der Waals surface area contributed by atoms with E-state index in [1.54, 1.807) is 49.5 Å². The van der Waals surface area contributed by atoms with E-state index in [4.69, 9.17) is 14.9 Å². The Morgan fingerprint density at radius 3 is 2.50 bits per heavy atom. The number of nitrogens with zero attached hydrogens (tertiary/aromatic N) is 3. The third-order valence-electron chi connectivity index (χ3n) is 7.56. The van der Waals surface area contributed by atoms with Crippen molar-refractivity contribution in [3.8, 4) is 0 Å². The Balaban J connectivity index is 1.32. The zero-order valence-electron chi connectivity index (χ0n) is 26.7. The van der Waals surface area contributed by atoms with E-state index < -0.39 is 6.09 Å². The molecule has 2 aromatic carbocycles. The molecule has 244 valence electrons. The standard InChI is InChI=1S/C34H43N7O5/c1-4-6-7-10-21-46-34(44)39-32(35)24-12-15-26(16-13-24)37-23-30-38-27-22-25(14-17-28(27)40(30)3)33(43)41(20-18-31(42)45-5-2)29-11-8-9-19-36-29/h8-9,11-17,19,22,30,37-38H,4-7,10,18,20-21,23H2,1-3H3,(H2,35,39,44). The summed E-state index contributed by atoms with van der Waals surface area (Å²) in [4.78, 5) is 45.6. The summed E-state index contributed by atoms with van der Waals surface area (Å²) < 4.78 is 10.2. The Kier molecular flexibility index (Phi) is 12.3. The average molecular weight is 630 g/mol. The average Bonchev–Trinajstić information content (AvgIpc) is 3.38. The molecule has 1 unspecified atom stereocenters. The van der Waals surface area contributed by atoms with Crippen LogP contribution in [0.1, 0.15) is 61.9 Å². The number of esters is 1. The van der Waals surface area contributed by atoms with Gasteiger partial charge in [0.15, 0.2) is 0 Å². The minimum Gasteiger partial charge on any atom is -0.466 e. The van der Waals surface area contributed by atoms with Gasteiger partial charge in [0.05, 0.1) is 37.6 Å². The highest BCUT2D eigenvalue weighted by Gasteiger charge is 2.28. The molecule has 0 aliphatic carbocycles. The fraction of sp³-hybridized carbons (Fsp3) is 0.382. The molecule has 46 heavy (non-hydrogen) atoms. The topological polar surface area (TPSA) is 149 Å². The van der Waals surface area contributed by atoms with Crippen LogP contribution >= 0.6 is 0 Å². The number of carbonyl (C=O) groups excluding carboxylic acids is 3. The molecule has 2 amide bonds. The van der Waals surface area contributed by atoms with Gasteiger partial charge in [-0.2, -0.15) is 0 Å². The number of aromatic nitrogens is 1. The molecule has 3 aromatic rings. The van der Waals surface area contributed by atoms with Crippen LogP contribution in [-0.4, -0.2) is 68.3 Å². The number of hydrogen-bond donors (Lipinski definition) is 4. The number of amides is 2. The second kappa shape index (κ2) is 16.8. The van der Waals surface area contributed by atoms with Crippen LogP contribution in [0.4, 0.5) is 27.7 Å². The normalized spacial score (nSPS) is 13.3. The second-order valence-electron chi connectivity index (χ2n) is 10.9. The lowest BCUT2D eigenvalue weighted by Gasteiger charge is -2.23. The van der Waals surface area contributed by atoms with Crippen molar-refractivity contribution in [3.05, 3.63) is 78.0 Å². The first-order chi connectivity index (χ1) is 22.3. The van der Waals surface area contributed by atoms with Crippen LogP contribution in [0.2, 0.25) is 0 Å². The molecule has 12 heteroatoms. The zero-order valence-corrected chi connectivity index (χ0v) is 26.7. The van der Waals surface area contributed by atoms with Gasteiger partial charge in [0.25, 0.3) is 5.91 Å². The van der Waals surface area contributed by atoms with Crippen molar-refractivity contribution >= 4 is 46.7 Å². The van der Waals surface area contributed by atoms with E-state index in [1.165, 1.54) is 4.90 Å². The maximum absolute atomic E-state index is 13.6. The molecule has 1 atom stereocenters. The highest BCUT2D eigenvalue weighted by atomic mass is 16.5. The molecule has 1 aromatic heterocycles. The lowest BCUT2D eigenvalue weighted by molar-refractivity contribution is -0.142. The summed E-state index contributed by atoms with van der Waals surface area (Å²) in [5.74, 6) is -0.205. The minimum absolute atomic E-state index is 0.0226. The maximum Gasteiger partial charge on any atom is 0.412 e. The summed E-state index contributed by atoms with van der Waals surface area (Å²) in [6.07, 6.45) is 5.00. The quantitative estimate of drug-likeness (QED) is 0.0728. The molecule has 0 saturated carbocycles. The van der Waals surface area contributed by atoms with E-state index in [0.717, 1.165) is 42.7 Å². The fourth-order valence-corrected chi connectivity index (χ4v) is 5.02. The van der Waals surface area contributed by atoms with Crippen molar-refractivity contribution in [3.63, 3.8) is 0 Å². The van der Waals surface area contributed by atoms with E-state index in [-0.39, 0.29) is 43.5 Å². The number of hydrogen-bond acceptors (Lipinski definition) is 10. The Labute approximate surface area is 270 Å². The second-order valence-corrected chi connectivity index (χ2v) is 10.9. The number of rotatable bonds is 15. The molecule has 2 heterocycles. The van der Waals surface area contributed by atoms with Gasteiger partial charge in [-0.05, 0) is 67.9 Å². The Hall–Kier alpha value is -5.13. The first-order valence-corrected chi connectivity index (χ1v) is 15.7. The highest BCUT2D eigenvalue weighted by molar-refractivity contribution is 6.07. The van der Waals surface area contributed by atoms with Gasteiger partial charge < -0.3 is 25.0 Å². The summed E-state index contributed by atoms with van der Waals surface area (Å²) in [7, 11) is 1.98. The Morgan fingerprint density at radius 2 is 1.78 bits per heavy atom. The molecule has 12 nitrogen and oxygen atoms in total. The number of nitrogens with one attached hydrogen (secondary N) is 4. The Morgan fingerprint density at radius 1 is 1.00 bits per heavy atom. The van der Waals surface area contributed by atoms with Crippen molar-refractivity contribution in [2.24, 2.45) is 0 Å². The summed E-state index contributed by atoms with van der Waals surface area (Å²) in [5.41, 5.74) is 3.65. The van der Waals surface area contributed by atoms with E-state index >= 15 is 0 Å². The largest absolute Gasteiger partial charge is 0.466 e. The van der Waals surface area contributed by atoms with E-state index in [9.17, 15) is 14.4 Å². The number of fused-ring (bicyclic) bond motifs is 1. The number of anilines is 4. The Bertz CT molecular complexity index is 1480. The van der Waals surface area contributed by atoms with Crippen LogP contribution in [0.15, 0.2) is 66.9 Å². The molecule has 0 bridgehead atoms. The van der Waals surface area contributed by atoms with Gasteiger partial charge in [-0.15, -0.1) is 0 Å². The van der Waals surface area contributed by atoms with Crippen LogP contribution in [-0.2, 0) is 14.3 Å². The number of unbranched alkanes of at least 4 members (excludes halogenated alkanes) is 3. The minimum atomic E-state index is -0.621. The van der Waals surface area contributed by atoms with Crippen LogP contribution in [0.5, 0.6) is 0 Å². The number of amidine groups is 1. The van der Waals surface area contributed by atoms with Gasteiger partial charge >= 0.3 is 12.1 Å². The molecule has 4 rings (SSSR count). The summed E-state index contributed by atoms with van der Waals surface area (Å²) in [5, 5.41) is 17.6. The summed E-state index contributed by atoms with van der Waals surface area (Å²) in [6.45, 7) is 5.18. The molecule has 4 N–H and O–H groups in total. The van der Waals surface area contributed by atoms with Gasteiger partial charge in [0, 0.05) is 36.6 Å². The SMILES string of the molecule is CCCCCCOC(=O)NC(=N)c1ccc(NCC2Nc3cc(C(=O)N(CCC(=O)OCC)c4ccccn4)ccc3N2C)cc1. The molecule has 0 spiro atoms. The first-order valence-electron chi connectivity index (χ1n) is 15.7. The lowest BCUT2D eigenvalue weighted by Crippen LogP contribution is -2.38. The number of ether oxygens (including phenoxy) is 2. The van der Waals surface area contributed by atoms with Crippen molar-refractivity contribution in [2.45, 2.75) is 52.1 Å². The predicted octanol–water partition coefficient (Wildman–Crippen LogP) is 5.61. The number of alkyl carbamates (subject to hydrolysis) is 1. The first kappa shape index (κ1) is 33.8.